The summed E-state index contributed by atoms with van der Waals surface area (Å²) in [5.74, 6) is 0.812. The number of sulfonamides is 1. The Hall–Kier alpha value is -1.00. The maximum atomic E-state index is 13.1. The molecule has 2 unspecified atom stereocenters. The molecule has 4 heterocycles. The van der Waals surface area contributed by atoms with Crippen molar-refractivity contribution in [1.82, 2.24) is 14.1 Å². The Kier molecular flexibility index (Phi) is 7.37. The number of ether oxygens (including phenoxy) is 1. The van der Waals surface area contributed by atoms with Crippen LogP contribution in [0.1, 0.15) is 39.5 Å². The van der Waals surface area contributed by atoms with E-state index < -0.39 is 10.0 Å². The fourth-order valence-electron chi connectivity index (χ4n) is 5.27. The van der Waals surface area contributed by atoms with Gasteiger partial charge in [-0.25, -0.2) is 8.42 Å². The van der Waals surface area contributed by atoms with Crippen LogP contribution in [0.2, 0.25) is 0 Å². The minimum absolute atomic E-state index is 0.0488. The van der Waals surface area contributed by atoms with Gasteiger partial charge in [0, 0.05) is 51.7 Å². The van der Waals surface area contributed by atoms with E-state index in [1.165, 1.54) is 11.3 Å². The average Bonchev–Trinajstić information content (AvgIpc) is 3.29. The number of likely N-dealkylation sites (tertiary alicyclic amines) is 1. The van der Waals surface area contributed by atoms with Crippen molar-refractivity contribution in [2.45, 2.75) is 55.9 Å². The summed E-state index contributed by atoms with van der Waals surface area (Å²) in [6.07, 6.45) is 3.93. The van der Waals surface area contributed by atoms with Crippen LogP contribution in [0, 0.1) is 11.8 Å². The molecule has 0 radical (unpaired) electrons. The lowest BCUT2D eigenvalue weighted by Gasteiger charge is -2.40. The summed E-state index contributed by atoms with van der Waals surface area (Å²) >= 11 is 1.25. The van der Waals surface area contributed by atoms with E-state index in [-0.39, 0.29) is 11.8 Å². The predicted molar refractivity (Wildman–Crippen MR) is 122 cm³/mol. The van der Waals surface area contributed by atoms with Crippen molar-refractivity contribution in [3.63, 3.8) is 0 Å². The number of hydrogen-bond donors (Lipinski definition) is 0. The van der Waals surface area contributed by atoms with Crippen molar-refractivity contribution < 1.29 is 17.9 Å². The molecule has 0 saturated carbocycles. The van der Waals surface area contributed by atoms with E-state index in [2.05, 4.69) is 18.7 Å². The number of rotatable bonds is 5. The highest BCUT2D eigenvalue weighted by molar-refractivity contribution is 7.91. The average molecular weight is 470 g/mol. The van der Waals surface area contributed by atoms with Crippen LogP contribution in [-0.4, -0.2) is 86.5 Å². The van der Waals surface area contributed by atoms with Crippen molar-refractivity contribution in [3.8, 4) is 0 Å². The van der Waals surface area contributed by atoms with Crippen molar-refractivity contribution in [2.75, 3.05) is 45.8 Å². The molecule has 3 aliphatic rings. The van der Waals surface area contributed by atoms with Gasteiger partial charge in [-0.1, -0.05) is 6.07 Å². The van der Waals surface area contributed by atoms with E-state index in [4.69, 9.17) is 4.74 Å². The van der Waals surface area contributed by atoms with Crippen LogP contribution in [0.4, 0.5) is 0 Å². The number of piperidine rings is 2. The molecule has 7 nitrogen and oxygen atoms in total. The molecule has 3 fully saturated rings. The number of nitrogens with zero attached hydrogens (tertiary/aromatic N) is 3. The zero-order chi connectivity index (χ0) is 22.0. The number of morpholine rings is 1. The lowest BCUT2D eigenvalue weighted by atomic mass is 9.92. The highest BCUT2D eigenvalue weighted by Crippen LogP contribution is 2.29. The summed E-state index contributed by atoms with van der Waals surface area (Å²) in [7, 11) is -3.41. The third-order valence-electron chi connectivity index (χ3n) is 6.83. The first-order chi connectivity index (χ1) is 14.8. The number of thiophene rings is 1. The lowest BCUT2D eigenvalue weighted by Crippen LogP contribution is -2.50. The van der Waals surface area contributed by atoms with Gasteiger partial charge in [-0.15, -0.1) is 11.3 Å². The Morgan fingerprint density at radius 3 is 2.29 bits per heavy atom. The Morgan fingerprint density at radius 2 is 1.71 bits per heavy atom. The third-order valence-corrected chi connectivity index (χ3v) is 10.1. The van der Waals surface area contributed by atoms with Crippen LogP contribution in [0.3, 0.4) is 0 Å². The minimum atomic E-state index is -3.41. The molecule has 0 aromatic carbocycles. The molecule has 0 aliphatic carbocycles. The molecular weight excluding hydrogens is 434 g/mol. The molecule has 9 heteroatoms. The van der Waals surface area contributed by atoms with Gasteiger partial charge in [0.25, 0.3) is 10.0 Å². The van der Waals surface area contributed by atoms with Gasteiger partial charge in [0.05, 0.1) is 12.2 Å². The smallest absolute Gasteiger partial charge is 0.252 e. The molecule has 1 aromatic rings. The molecule has 0 bridgehead atoms. The van der Waals surface area contributed by atoms with Crippen LogP contribution in [-0.2, 0) is 19.6 Å². The first kappa shape index (κ1) is 23.2. The van der Waals surface area contributed by atoms with Gasteiger partial charge < -0.3 is 9.64 Å². The zero-order valence-corrected chi connectivity index (χ0v) is 20.2. The summed E-state index contributed by atoms with van der Waals surface area (Å²) < 4.78 is 33.2. The van der Waals surface area contributed by atoms with Crippen LogP contribution in [0.15, 0.2) is 21.7 Å². The number of hydrogen-bond acceptors (Lipinski definition) is 6. The number of amides is 1. The molecular formula is C22H35N3O4S2. The first-order valence-electron chi connectivity index (χ1n) is 11.5. The van der Waals surface area contributed by atoms with E-state index in [9.17, 15) is 13.2 Å². The van der Waals surface area contributed by atoms with Gasteiger partial charge in [-0.05, 0) is 56.9 Å². The van der Waals surface area contributed by atoms with Gasteiger partial charge in [0.1, 0.15) is 4.21 Å². The third kappa shape index (κ3) is 5.50. The lowest BCUT2D eigenvalue weighted by molar-refractivity contribution is -0.138. The van der Waals surface area contributed by atoms with E-state index in [0.717, 1.165) is 45.6 Å². The molecule has 4 rings (SSSR count). The molecule has 0 N–H and O–H groups in total. The predicted octanol–water partition coefficient (Wildman–Crippen LogP) is 2.50. The second-order valence-corrected chi connectivity index (χ2v) is 12.5. The van der Waals surface area contributed by atoms with Crippen molar-refractivity contribution in [3.05, 3.63) is 17.5 Å². The maximum absolute atomic E-state index is 13.1. The van der Waals surface area contributed by atoms with Crippen molar-refractivity contribution in [1.29, 1.82) is 0 Å². The summed E-state index contributed by atoms with van der Waals surface area (Å²) in [5.41, 5.74) is 0. The standard InChI is InChI=1S/C22H35N3O4S2/c1-17-14-23(15-18(2)29-17)16-19-5-9-24(10-6-19)22(26)20-7-11-25(12-8-20)31(27,28)21-4-3-13-30-21/h3-4,13,17-20H,5-12,14-16H2,1-2H3. The molecule has 2 atom stereocenters. The monoisotopic (exact) mass is 469 g/mol. The Balaban J connectivity index is 1.22. The Morgan fingerprint density at radius 1 is 1.06 bits per heavy atom. The first-order valence-corrected chi connectivity index (χ1v) is 13.8. The van der Waals surface area contributed by atoms with E-state index in [1.54, 1.807) is 21.8 Å². The van der Waals surface area contributed by atoms with Crippen LogP contribution >= 0.6 is 11.3 Å². The molecule has 1 amide bonds. The van der Waals surface area contributed by atoms with Crippen LogP contribution < -0.4 is 0 Å². The topological polar surface area (TPSA) is 70.2 Å². The van der Waals surface area contributed by atoms with Gasteiger partial charge in [-0.2, -0.15) is 4.31 Å². The quantitative estimate of drug-likeness (QED) is 0.663. The fourth-order valence-corrected chi connectivity index (χ4v) is 7.89. The number of carbonyl (C=O) groups is 1. The SMILES string of the molecule is CC1CN(CC2CCN(C(=O)C3CCN(S(=O)(=O)c4cccs4)CC3)CC2)CC(C)O1. The van der Waals surface area contributed by atoms with E-state index >= 15 is 0 Å². The second kappa shape index (κ2) is 9.87. The molecule has 1 aromatic heterocycles. The zero-order valence-electron chi connectivity index (χ0n) is 18.6. The molecule has 3 saturated heterocycles. The largest absolute Gasteiger partial charge is 0.373 e. The van der Waals surface area contributed by atoms with Gasteiger partial charge in [0.2, 0.25) is 5.91 Å². The van der Waals surface area contributed by atoms with E-state index in [1.807, 2.05) is 4.90 Å². The van der Waals surface area contributed by atoms with Gasteiger partial charge in [0.15, 0.2) is 0 Å². The normalized spacial score (nSPS) is 28.1. The molecule has 31 heavy (non-hydrogen) atoms. The maximum Gasteiger partial charge on any atom is 0.252 e. The van der Waals surface area contributed by atoms with Gasteiger partial charge in [-0.3, -0.25) is 9.69 Å². The molecule has 3 aliphatic heterocycles. The highest BCUT2D eigenvalue weighted by Gasteiger charge is 2.35. The van der Waals surface area contributed by atoms with E-state index in [0.29, 0.717) is 48.3 Å². The van der Waals surface area contributed by atoms with Crippen molar-refractivity contribution in [2.24, 2.45) is 11.8 Å². The second-order valence-electron chi connectivity index (χ2n) is 9.35. The molecule has 0 spiro atoms. The van der Waals surface area contributed by atoms with Crippen molar-refractivity contribution >= 4 is 27.3 Å². The summed E-state index contributed by atoms with van der Waals surface area (Å²) in [6.45, 7) is 9.88. The fraction of sp³-hybridized carbons (Fsp3) is 0.773. The molecule has 174 valence electrons. The number of carbonyl (C=O) groups excluding carboxylic acids is 1. The summed E-state index contributed by atoms with van der Waals surface area (Å²) in [6, 6.07) is 3.41. The summed E-state index contributed by atoms with van der Waals surface area (Å²) in [5, 5.41) is 1.78. The Bertz CT molecular complexity index is 819. The Labute approximate surface area is 190 Å². The van der Waals surface area contributed by atoms with Gasteiger partial charge >= 0.3 is 0 Å². The van der Waals surface area contributed by atoms with Crippen LogP contribution in [0.5, 0.6) is 0 Å². The minimum Gasteiger partial charge on any atom is -0.373 e. The highest BCUT2D eigenvalue weighted by atomic mass is 32.2. The summed E-state index contributed by atoms with van der Waals surface area (Å²) in [4.78, 5) is 17.6. The van der Waals surface area contributed by atoms with Crippen LogP contribution in [0.25, 0.3) is 0 Å².